The van der Waals surface area contributed by atoms with Gasteiger partial charge in [0.25, 0.3) is 5.91 Å². The topological polar surface area (TPSA) is 78.8 Å². The van der Waals surface area contributed by atoms with E-state index in [1.54, 1.807) is 43.3 Å². The lowest BCUT2D eigenvalue weighted by Crippen LogP contribution is -2.20. The standard InChI is InChI=1S/C17H16N2O3/c1-12(11-16(21)13-7-3-2-4-8-13)18-19-17(22)14-9-5-6-10-15(14)20/h2-10,20H,11H2,1H3,(H,19,22). The highest BCUT2D eigenvalue weighted by Crippen LogP contribution is 2.14. The average molecular weight is 296 g/mol. The number of Topliss-reactive ketones (excluding diaryl/α,β-unsaturated/α-hetero) is 1. The predicted octanol–water partition coefficient (Wildman–Crippen LogP) is 2.77. The molecule has 0 radical (unpaired) electrons. The summed E-state index contributed by atoms with van der Waals surface area (Å²) in [6.45, 7) is 1.66. The highest BCUT2D eigenvalue weighted by atomic mass is 16.3. The van der Waals surface area contributed by atoms with Crippen molar-refractivity contribution >= 4 is 17.4 Å². The fourth-order valence-corrected chi connectivity index (χ4v) is 1.87. The van der Waals surface area contributed by atoms with Crippen LogP contribution in [-0.4, -0.2) is 22.5 Å². The minimum atomic E-state index is -0.524. The Morgan fingerprint density at radius 1 is 1.05 bits per heavy atom. The van der Waals surface area contributed by atoms with Gasteiger partial charge in [-0.1, -0.05) is 42.5 Å². The molecule has 1 amide bonds. The minimum absolute atomic E-state index is 0.0707. The molecule has 0 fully saturated rings. The molecule has 2 aromatic carbocycles. The number of benzene rings is 2. The first-order valence-electron chi connectivity index (χ1n) is 6.77. The van der Waals surface area contributed by atoms with Crippen molar-refractivity contribution in [1.82, 2.24) is 5.43 Å². The van der Waals surface area contributed by atoms with E-state index in [0.717, 1.165) is 0 Å². The molecule has 2 aromatic rings. The van der Waals surface area contributed by atoms with Crippen molar-refractivity contribution in [2.24, 2.45) is 5.10 Å². The van der Waals surface area contributed by atoms with Crippen LogP contribution in [0, 0.1) is 0 Å². The summed E-state index contributed by atoms with van der Waals surface area (Å²) >= 11 is 0. The molecule has 5 heteroatoms. The first kappa shape index (κ1) is 15.4. The number of hydrazone groups is 1. The number of nitrogens with one attached hydrogen (secondary N) is 1. The van der Waals surface area contributed by atoms with Crippen molar-refractivity contribution < 1.29 is 14.7 Å². The largest absolute Gasteiger partial charge is 0.507 e. The van der Waals surface area contributed by atoms with Gasteiger partial charge in [0.2, 0.25) is 0 Å². The average Bonchev–Trinajstić information content (AvgIpc) is 2.54. The summed E-state index contributed by atoms with van der Waals surface area (Å²) in [6, 6.07) is 15.1. The number of ketones is 1. The number of carbonyl (C=O) groups excluding carboxylic acids is 2. The van der Waals surface area contributed by atoms with Crippen LogP contribution < -0.4 is 5.43 Å². The van der Waals surface area contributed by atoms with E-state index in [4.69, 9.17) is 0 Å². The zero-order chi connectivity index (χ0) is 15.9. The molecule has 0 atom stereocenters. The first-order chi connectivity index (χ1) is 10.6. The van der Waals surface area contributed by atoms with Crippen LogP contribution in [0.15, 0.2) is 59.7 Å². The number of nitrogens with zero attached hydrogens (tertiary/aromatic N) is 1. The second-order valence-corrected chi connectivity index (χ2v) is 4.77. The third kappa shape index (κ3) is 4.02. The predicted molar refractivity (Wildman–Crippen MR) is 84.1 cm³/mol. The summed E-state index contributed by atoms with van der Waals surface area (Å²) < 4.78 is 0. The van der Waals surface area contributed by atoms with E-state index < -0.39 is 5.91 Å². The maximum absolute atomic E-state index is 12.0. The second-order valence-electron chi connectivity index (χ2n) is 4.77. The Hall–Kier alpha value is -2.95. The number of amides is 1. The van der Waals surface area contributed by atoms with Gasteiger partial charge in [-0.05, 0) is 19.1 Å². The van der Waals surface area contributed by atoms with E-state index in [2.05, 4.69) is 10.5 Å². The Balaban J connectivity index is 1.97. The van der Waals surface area contributed by atoms with Crippen LogP contribution in [0.25, 0.3) is 0 Å². The molecule has 0 aliphatic rings. The molecule has 0 saturated heterocycles. The number of aromatic hydroxyl groups is 1. The molecular formula is C17H16N2O3. The van der Waals surface area contributed by atoms with Crippen LogP contribution in [0.1, 0.15) is 34.1 Å². The summed E-state index contributed by atoms with van der Waals surface area (Å²) in [5, 5.41) is 13.5. The molecule has 22 heavy (non-hydrogen) atoms. The van der Waals surface area contributed by atoms with Gasteiger partial charge < -0.3 is 5.11 Å². The van der Waals surface area contributed by atoms with Gasteiger partial charge in [-0.15, -0.1) is 0 Å². The van der Waals surface area contributed by atoms with Crippen molar-refractivity contribution in [3.05, 3.63) is 65.7 Å². The Morgan fingerprint density at radius 3 is 2.36 bits per heavy atom. The maximum atomic E-state index is 12.0. The fraction of sp³-hybridized carbons (Fsp3) is 0.118. The van der Waals surface area contributed by atoms with Gasteiger partial charge in [-0.25, -0.2) is 5.43 Å². The summed E-state index contributed by atoms with van der Waals surface area (Å²) in [7, 11) is 0. The molecule has 112 valence electrons. The number of phenolic OH excluding ortho intramolecular Hbond substituents is 1. The molecule has 0 bridgehead atoms. The summed E-state index contributed by atoms with van der Waals surface area (Å²) in [5.41, 5.74) is 3.55. The van der Waals surface area contributed by atoms with Crippen LogP contribution in [0.3, 0.4) is 0 Å². The zero-order valence-electron chi connectivity index (χ0n) is 12.1. The van der Waals surface area contributed by atoms with Crippen molar-refractivity contribution in [2.75, 3.05) is 0 Å². The minimum Gasteiger partial charge on any atom is -0.507 e. The van der Waals surface area contributed by atoms with Gasteiger partial charge in [0.1, 0.15) is 5.75 Å². The van der Waals surface area contributed by atoms with Crippen molar-refractivity contribution in [1.29, 1.82) is 0 Å². The Morgan fingerprint density at radius 2 is 1.68 bits per heavy atom. The highest BCUT2D eigenvalue weighted by molar-refractivity contribution is 6.09. The van der Waals surface area contributed by atoms with Crippen LogP contribution in [-0.2, 0) is 0 Å². The van der Waals surface area contributed by atoms with Crippen molar-refractivity contribution in [3.63, 3.8) is 0 Å². The van der Waals surface area contributed by atoms with E-state index in [1.165, 1.54) is 12.1 Å². The van der Waals surface area contributed by atoms with Crippen LogP contribution in [0.2, 0.25) is 0 Å². The Kier molecular flexibility index (Phi) is 5.03. The quantitative estimate of drug-likeness (QED) is 0.506. The van der Waals surface area contributed by atoms with Gasteiger partial charge in [-0.3, -0.25) is 9.59 Å². The smallest absolute Gasteiger partial charge is 0.275 e. The van der Waals surface area contributed by atoms with E-state index in [9.17, 15) is 14.7 Å². The summed E-state index contributed by atoms with van der Waals surface area (Å²) in [6.07, 6.45) is 0.116. The second kappa shape index (κ2) is 7.17. The monoisotopic (exact) mass is 296 g/mol. The third-order valence-corrected chi connectivity index (χ3v) is 3.01. The van der Waals surface area contributed by atoms with Crippen LogP contribution in [0.4, 0.5) is 0 Å². The molecular weight excluding hydrogens is 280 g/mol. The van der Waals surface area contributed by atoms with E-state index in [0.29, 0.717) is 11.3 Å². The molecule has 2 rings (SSSR count). The van der Waals surface area contributed by atoms with Gasteiger partial charge in [0, 0.05) is 11.3 Å². The molecule has 0 aliphatic carbocycles. The molecule has 5 nitrogen and oxygen atoms in total. The lowest BCUT2D eigenvalue weighted by molar-refractivity contribution is 0.0948. The molecule has 0 spiro atoms. The van der Waals surface area contributed by atoms with Crippen molar-refractivity contribution in [3.8, 4) is 5.75 Å². The Labute approximate surface area is 128 Å². The van der Waals surface area contributed by atoms with Gasteiger partial charge in [0.15, 0.2) is 5.78 Å². The van der Waals surface area contributed by atoms with Gasteiger partial charge in [0.05, 0.1) is 12.0 Å². The molecule has 2 N–H and O–H groups in total. The van der Waals surface area contributed by atoms with Crippen LogP contribution in [0.5, 0.6) is 5.75 Å². The maximum Gasteiger partial charge on any atom is 0.275 e. The number of hydrogen-bond acceptors (Lipinski definition) is 4. The lowest BCUT2D eigenvalue weighted by atomic mass is 10.1. The molecule has 0 aliphatic heterocycles. The van der Waals surface area contributed by atoms with E-state index in [1.807, 2.05) is 6.07 Å². The highest BCUT2D eigenvalue weighted by Gasteiger charge is 2.10. The molecule has 0 heterocycles. The van der Waals surface area contributed by atoms with E-state index in [-0.39, 0.29) is 23.5 Å². The van der Waals surface area contributed by atoms with Gasteiger partial charge in [-0.2, -0.15) is 5.10 Å². The number of para-hydroxylation sites is 1. The zero-order valence-corrected chi connectivity index (χ0v) is 12.1. The summed E-state index contributed by atoms with van der Waals surface area (Å²) in [4.78, 5) is 23.9. The number of phenols is 1. The van der Waals surface area contributed by atoms with Crippen molar-refractivity contribution in [2.45, 2.75) is 13.3 Å². The number of hydrogen-bond donors (Lipinski definition) is 2. The SMILES string of the molecule is CC(CC(=O)c1ccccc1)=NNC(=O)c1ccccc1O. The number of carbonyl (C=O) groups is 2. The normalized spacial score (nSPS) is 11.0. The fourth-order valence-electron chi connectivity index (χ4n) is 1.87. The number of rotatable bonds is 5. The molecule has 0 saturated carbocycles. The first-order valence-corrected chi connectivity index (χ1v) is 6.77. The summed E-state index contributed by atoms with van der Waals surface area (Å²) in [5.74, 6) is -0.712. The lowest BCUT2D eigenvalue weighted by Gasteiger charge is -2.04. The molecule has 0 aromatic heterocycles. The van der Waals surface area contributed by atoms with Crippen LogP contribution >= 0.6 is 0 Å². The van der Waals surface area contributed by atoms with Gasteiger partial charge >= 0.3 is 0 Å². The molecule has 0 unspecified atom stereocenters. The third-order valence-electron chi connectivity index (χ3n) is 3.01. The Bertz CT molecular complexity index is 709. The van der Waals surface area contributed by atoms with E-state index >= 15 is 0 Å².